The number of aryl methyl sites for hydroxylation is 1. The summed E-state index contributed by atoms with van der Waals surface area (Å²) >= 11 is 0. The number of rotatable bonds is 0. The molecule has 0 atom stereocenters. The van der Waals surface area contributed by atoms with Gasteiger partial charge in [-0.3, -0.25) is 9.81 Å². The van der Waals surface area contributed by atoms with Crippen LogP contribution >= 0.6 is 0 Å². The minimum Gasteiger partial charge on any atom is -0.297 e. The van der Waals surface area contributed by atoms with E-state index in [-0.39, 0.29) is 11.1 Å². The van der Waals surface area contributed by atoms with Gasteiger partial charge in [0.15, 0.2) is 0 Å². The van der Waals surface area contributed by atoms with Gasteiger partial charge in [0.05, 0.1) is 16.6 Å². The maximum absolute atomic E-state index is 9.00. The van der Waals surface area contributed by atoms with Crippen LogP contribution < -0.4 is 5.49 Å². The van der Waals surface area contributed by atoms with Gasteiger partial charge in [-0.15, -0.1) is 0 Å². The molecule has 0 bridgehead atoms. The van der Waals surface area contributed by atoms with E-state index in [2.05, 4.69) is 0 Å². The molecule has 0 saturated carbocycles. The summed E-state index contributed by atoms with van der Waals surface area (Å²) in [5.41, 5.74) is 2.23. The van der Waals surface area contributed by atoms with E-state index in [0.717, 1.165) is 5.69 Å². The van der Waals surface area contributed by atoms with Crippen LogP contribution in [0.4, 0.5) is 0 Å². The lowest BCUT2D eigenvalue weighted by atomic mass is 10.1. The van der Waals surface area contributed by atoms with E-state index in [1.807, 2.05) is 31.2 Å². The molecule has 0 spiro atoms. The Labute approximate surface area is 92.1 Å². The number of hydrogen-bond donors (Lipinski definition) is 1. The Morgan fingerprint density at radius 1 is 1.19 bits per heavy atom. The second-order valence-electron chi connectivity index (χ2n) is 3.43. The van der Waals surface area contributed by atoms with Crippen LogP contribution in [0.5, 0.6) is 0 Å². The molecule has 16 heavy (non-hydrogen) atoms. The average Bonchev–Trinajstić information content (AvgIpc) is 2.30. The average molecular weight is 208 g/mol. The van der Waals surface area contributed by atoms with Gasteiger partial charge in [0.25, 0.3) is 0 Å². The molecule has 0 aliphatic rings. The van der Waals surface area contributed by atoms with Crippen molar-refractivity contribution in [3.63, 3.8) is 0 Å². The molecule has 4 nitrogen and oxygen atoms in total. The van der Waals surface area contributed by atoms with Gasteiger partial charge in [-0.25, -0.2) is 0 Å². The second kappa shape index (κ2) is 3.52. The summed E-state index contributed by atoms with van der Waals surface area (Å²) in [6, 6.07) is 10.9. The van der Waals surface area contributed by atoms with Crippen molar-refractivity contribution in [1.29, 1.82) is 15.9 Å². The van der Waals surface area contributed by atoms with E-state index < -0.39 is 0 Å². The first-order valence-corrected chi connectivity index (χ1v) is 4.69. The molecule has 0 aliphatic carbocycles. The Bertz CT molecular complexity index is 711. The molecular formula is C12H8N4. The zero-order chi connectivity index (χ0) is 11.7. The second-order valence-corrected chi connectivity index (χ2v) is 3.43. The fraction of sp³-hybridized carbons (Fsp3) is 0.0833. The van der Waals surface area contributed by atoms with Gasteiger partial charge < -0.3 is 0 Å². The van der Waals surface area contributed by atoms with Gasteiger partial charge in [-0.05, 0) is 25.1 Å². The fourth-order valence-corrected chi connectivity index (χ4v) is 1.71. The molecule has 76 valence electrons. The first-order chi connectivity index (χ1) is 7.69. The normalized spacial score (nSPS) is 9.69. The molecular weight excluding hydrogens is 200 g/mol. The van der Waals surface area contributed by atoms with Crippen LogP contribution in [0.15, 0.2) is 24.3 Å². The quantitative estimate of drug-likeness (QED) is 0.711. The molecule has 2 rings (SSSR count). The van der Waals surface area contributed by atoms with Gasteiger partial charge in [0, 0.05) is 5.69 Å². The summed E-state index contributed by atoms with van der Waals surface area (Å²) in [6.45, 7) is 1.84. The topological polar surface area (TPSA) is 75.8 Å². The smallest absolute Gasteiger partial charge is 0.147 e. The lowest BCUT2D eigenvalue weighted by Crippen LogP contribution is -2.19. The van der Waals surface area contributed by atoms with Crippen LogP contribution in [-0.2, 0) is 0 Å². The predicted octanol–water partition coefficient (Wildman–Crippen LogP) is 1.47. The largest absolute Gasteiger partial charge is 0.297 e. The Hall–Kier alpha value is -2.59. The molecule has 1 N–H and O–H groups in total. The number of aromatic nitrogens is 1. The highest BCUT2D eigenvalue weighted by atomic mass is 14.9. The zero-order valence-electron chi connectivity index (χ0n) is 8.65. The standard InChI is InChI=1S/C12H8N4/c1-8-3-2-4-11-9(6-13)5-10(7-14)12(15)16(8)11/h2-5,15H,1H3. The maximum atomic E-state index is 9.00. The highest BCUT2D eigenvalue weighted by molar-refractivity contribution is 5.62. The number of fused-ring (bicyclic) bond motifs is 1. The SMILES string of the molecule is Cc1cccc2c(C#N)cc(C#N)c(=N)n12. The van der Waals surface area contributed by atoms with Crippen molar-refractivity contribution >= 4 is 5.52 Å². The Morgan fingerprint density at radius 2 is 1.88 bits per heavy atom. The van der Waals surface area contributed by atoms with Gasteiger partial charge in [-0.2, -0.15) is 10.5 Å². The molecule has 0 unspecified atom stereocenters. The van der Waals surface area contributed by atoms with Crippen molar-refractivity contribution in [2.45, 2.75) is 6.92 Å². The summed E-state index contributed by atoms with van der Waals surface area (Å²) in [5.74, 6) is 0. The highest BCUT2D eigenvalue weighted by Gasteiger charge is 2.07. The lowest BCUT2D eigenvalue weighted by Gasteiger charge is -2.07. The van der Waals surface area contributed by atoms with Crippen LogP contribution in [0.1, 0.15) is 16.8 Å². The van der Waals surface area contributed by atoms with Gasteiger partial charge >= 0.3 is 0 Å². The van der Waals surface area contributed by atoms with Crippen molar-refractivity contribution in [3.05, 3.63) is 46.6 Å². The molecule has 0 fully saturated rings. The van der Waals surface area contributed by atoms with Crippen molar-refractivity contribution in [3.8, 4) is 12.1 Å². The molecule has 0 radical (unpaired) electrons. The van der Waals surface area contributed by atoms with Crippen molar-refractivity contribution in [2.24, 2.45) is 0 Å². The van der Waals surface area contributed by atoms with Crippen molar-refractivity contribution < 1.29 is 0 Å². The summed E-state index contributed by atoms with van der Waals surface area (Å²) in [5, 5.41) is 25.8. The monoisotopic (exact) mass is 208 g/mol. The molecule has 2 aromatic heterocycles. The lowest BCUT2D eigenvalue weighted by molar-refractivity contribution is 0.949. The molecule has 0 aliphatic heterocycles. The number of hydrogen-bond acceptors (Lipinski definition) is 3. The number of pyridine rings is 2. The highest BCUT2D eigenvalue weighted by Crippen LogP contribution is 2.11. The van der Waals surface area contributed by atoms with Crippen LogP contribution in [0.2, 0.25) is 0 Å². The van der Waals surface area contributed by atoms with E-state index in [9.17, 15) is 0 Å². The Kier molecular flexibility index (Phi) is 2.19. The third kappa shape index (κ3) is 1.25. The van der Waals surface area contributed by atoms with Gasteiger partial charge in [0.2, 0.25) is 0 Å². The third-order valence-corrected chi connectivity index (χ3v) is 2.47. The minimum atomic E-state index is 0.120. The molecule has 0 saturated heterocycles. The van der Waals surface area contributed by atoms with Crippen molar-refractivity contribution in [1.82, 2.24) is 4.40 Å². The van der Waals surface area contributed by atoms with Gasteiger partial charge in [-0.1, -0.05) is 6.07 Å². The molecule has 0 aromatic carbocycles. The van der Waals surface area contributed by atoms with Crippen LogP contribution in [0.25, 0.3) is 5.52 Å². The molecule has 0 amide bonds. The van der Waals surface area contributed by atoms with Crippen LogP contribution in [0.3, 0.4) is 0 Å². The first-order valence-electron chi connectivity index (χ1n) is 4.69. The first kappa shape index (κ1) is 9.95. The van der Waals surface area contributed by atoms with E-state index in [4.69, 9.17) is 15.9 Å². The number of nitrogens with one attached hydrogen (secondary N) is 1. The summed E-state index contributed by atoms with van der Waals surface area (Å²) in [7, 11) is 0. The van der Waals surface area contributed by atoms with E-state index in [1.165, 1.54) is 6.07 Å². The fourth-order valence-electron chi connectivity index (χ4n) is 1.71. The molecule has 2 aromatic rings. The van der Waals surface area contributed by atoms with Crippen LogP contribution in [-0.4, -0.2) is 4.40 Å². The minimum absolute atomic E-state index is 0.120. The maximum Gasteiger partial charge on any atom is 0.147 e. The summed E-state index contributed by atoms with van der Waals surface area (Å²) in [6.07, 6.45) is 0. The third-order valence-electron chi connectivity index (χ3n) is 2.47. The van der Waals surface area contributed by atoms with Gasteiger partial charge in [0.1, 0.15) is 17.6 Å². The predicted molar refractivity (Wildman–Crippen MR) is 57.4 cm³/mol. The summed E-state index contributed by atoms with van der Waals surface area (Å²) < 4.78 is 1.61. The molecule has 2 heterocycles. The Morgan fingerprint density at radius 3 is 2.50 bits per heavy atom. The Balaban J connectivity index is 3.13. The zero-order valence-corrected chi connectivity index (χ0v) is 8.65. The van der Waals surface area contributed by atoms with Crippen LogP contribution in [0, 0.1) is 35.0 Å². The molecule has 4 heteroatoms. The number of nitrogens with zero attached hydrogens (tertiary/aromatic N) is 3. The number of nitriles is 2. The van der Waals surface area contributed by atoms with E-state index in [0.29, 0.717) is 11.1 Å². The van der Waals surface area contributed by atoms with E-state index in [1.54, 1.807) is 10.5 Å². The van der Waals surface area contributed by atoms with E-state index >= 15 is 0 Å². The summed E-state index contributed by atoms with van der Waals surface area (Å²) in [4.78, 5) is 0. The van der Waals surface area contributed by atoms with Crippen molar-refractivity contribution in [2.75, 3.05) is 0 Å².